The van der Waals surface area contributed by atoms with Crippen LogP contribution in [0.4, 0.5) is 0 Å². The molecule has 1 aliphatic carbocycles. The van der Waals surface area contributed by atoms with Crippen LogP contribution >= 0.6 is 0 Å². The maximum absolute atomic E-state index is 16.7. The first kappa shape index (κ1) is 47.3. The minimum atomic E-state index is -6.19. The van der Waals surface area contributed by atoms with Crippen LogP contribution in [0.5, 0.6) is 0 Å². The molecule has 1 aliphatic rings. The Bertz CT molecular complexity index is 2690. The summed E-state index contributed by atoms with van der Waals surface area (Å²) in [7, 11) is 0. The van der Waals surface area contributed by atoms with Gasteiger partial charge in [0.05, 0.1) is 0 Å². The van der Waals surface area contributed by atoms with Crippen molar-refractivity contribution in [3.63, 3.8) is 0 Å². The van der Waals surface area contributed by atoms with Gasteiger partial charge in [-0.15, -0.1) is 0 Å². The Hall–Kier alpha value is -8.42. The molecule has 72 heavy (non-hydrogen) atoms. The van der Waals surface area contributed by atoms with E-state index in [0.29, 0.717) is 53.9 Å². The summed E-state index contributed by atoms with van der Waals surface area (Å²) in [6.45, 7) is 0. The molecule has 0 bridgehead atoms. The normalized spacial score (nSPS) is 12.6. The zero-order valence-electron chi connectivity index (χ0n) is 39.4. The van der Waals surface area contributed by atoms with Crippen molar-refractivity contribution in [1.29, 1.82) is 0 Å². The molecule has 0 radical (unpaired) electrons. The summed E-state index contributed by atoms with van der Waals surface area (Å²) in [5, 5.41) is 0. The average molecular weight is 975 g/mol. The molecule has 0 aliphatic heterocycles. The van der Waals surface area contributed by atoms with E-state index < -0.39 is 51.9 Å². The molecule has 0 N–H and O–H groups in total. The van der Waals surface area contributed by atoms with Gasteiger partial charge in [-0.25, -0.2) is 0 Å². The summed E-state index contributed by atoms with van der Waals surface area (Å²) >= 11 is -6.19. The second kappa shape index (κ2) is 20.9. The number of hydrogen-bond donors (Lipinski definition) is 0. The number of carbonyl (C=O) groups is 3. The van der Waals surface area contributed by atoms with Crippen LogP contribution in [0.25, 0.3) is 0 Å². The van der Waals surface area contributed by atoms with Crippen LogP contribution in [-0.4, -0.2) is 17.9 Å². The molecule has 0 saturated carbocycles. The summed E-state index contributed by atoms with van der Waals surface area (Å²) in [6, 6.07) is 84.8. The van der Waals surface area contributed by atoms with Crippen molar-refractivity contribution in [2.45, 2.75) is 22.7 Å². The van der Waals surface area contributed by atoms with Gasteiger partial charge in [0.1, 0.15) is 0 Å². The second-order valence-corrected chi connectivity index (χ2v) is 21.3. The van der Waals surface area contributed by atoms with E-state index in [1.807, 2.05) is 285 Å². The van der Waals surface area contributed by atoms with Crippen LogP contribution in [0.15, 0.2) is 295 Å². The molecule has 0 aromatic heterocycles. The Morgan fingerprint density at radius 1 is 0.292 bits per heavy atom. The van der Waals surface area contributed by atoms with Crippen LogP contribution < -0.4 is 0 Å². The first-order chi connectivity index (χ1) is 35.4. The third-order valence-corrected chi connectivity index (χ3v) is 17.6. The van der Waals surface area contributed by atoms with Crippen molar-refractivity contribution in [1.82, 2.24) is 0 Å². The van der Waals surface area contributed by atoms with E-state index in [1.54, 1.807) is 6.08 Å². The Labute approximate surface area is 425 Å². The van der Waals surface area contributed by atoms with Gasteiger partial charge in [0.15, 0.2) is 0 Å². The second-order valence-electron chi connectivity index (χ2n) is 17.6. The SMILES string of the molecule is O=C([O][Ti]([O]C(=O)C(c1ccccc1)(c1ccccc1)c1ccccc1)([O]C(=O)C(c1ccccc1)(c1ccccc1)c1ccccc1)[C]1=CC=CC1)C(c1ccccc1)(c1ccccc1)c1ccccc1. The van der Waals surface area contributed by atoms with E-state index in [2.05, 4.69) is 0 Å². The fourth-order valence-electron chi connectivity index (χ4n) is 10.3. The fraction of sp³-hybridized carbons (Fsp3) is 0.0615. The topological polar surface area (TPSA) is 78.9 Å². The molecule has 0 unspecified atom stereocenters. The zero-order chi connectivity index (χ0) is 49.3. The minimum absolute atomic E-state index is 0.173. The third kappa shape index (κ3) is 8.45. The van der Waals surface area contributed by atoms with Crippen molar-refractivity contribution in [3.8, 4) is 0 Å². The van der Waals surface area contributed by atoms with E-state index in [9.17, 15) is 0 Å². The Morgan fingerprint density at radius 3 is 0.625 bits per heavy atom. The van der Waals surface area contributed by atoms with Gasteiger partial charge < -0.3 is 0 Å². The quantitative estimate of drug-likeness (QED) is 0.0709. The fourth-order valence-corrected chi connectivity index (χ4v) is 14.0. The van der Waals surface area contributed by atoms with E-state index >= 15 is 14.4 Å². The van der Waals surface area contributed by atoms with Gasteiger partial charge in [-0.1, -0.05) is 0 Å². The van der Waals surface area contributed by atoms with Crippen LogP contribution in [0.3, 0.4) is 0 Å². The summed E-state index contributed by atoms with van der Waals surface area (Å²) in [4.78, 5) is 50.1. The zero-order valence-corrected chi connectivity index (χ0v) is 40.9. The first-order valence-electron chi connectivity index (χ1n) is 24.0. The van der Waals surface area contributed by atoms with Crippen LogP contribution in [0, 0.1) is 0 Å². The summed E-state index contributed by atoms with van der Waals surface area (Å²) in [5.41, 5.74) is 0.358. The number of rotatable bonds is 16. The van der Waals surface area contributed by atoms with E-state index in [0.717, 1.165) is 0 Å². The van der Waals surface area contributed by atoms with Gasteiger partial charge >= 0.3 is 428 Å². The monoisotopic (exact) mass is 974 g/mol. The molecule has 0 atom stereocenters. The first-order valence-corrected chi connectivity index (χ1v) is 26.7. The standard InChI is InChI=1S/3C20H16O2.C5H5.Ti/c3*21-19(22)20(16-10-4-1-5-11-16,17-12-6-2-7-13-17)18-14-8-3-9-15-18;1-2-4-5-3-1;/h3*1-15H,(H,21,22);1-3H,4H2;/q;;;;+3/p-3. The summed E-state index contributed by atoms with van der Waals surface area (Å²) < 4.78 is 22.4. The van der Waals surface area contributed by atoms with Gasteiger partial charge in [-0.05, 0) is 0 Å². The average Bonchev–Trinajstić information content (AvgIpc) is 4.01. The van der Waals surface area contributed by atoms with Gasteiger partial charge in [-0.2, -0.15) is 0 Å². The van der Waals surface area contributed by atoms with Crippen molar-refractivity contribution in [3.05, 3.63) is 345 Å². The van der Waals surface area contributed by atoms with Crippen LogP contribution in [-0.2, 0) is 58.3 Å². The molecule has 0 fully saturated rings. The summed E-state index contributed by atoms with van der Waals surface area (Å²) in [6.07, 6.45) is 5.66. The maximum atomic E-state index is 16.7. The molecule has 10 rings (SSSR count). The predicted octanol–water partition coefficient (Wildman–Crippen LogP) is 13.5. The molecule has 6 nitrogen and oxygen atoms in total. The van der Waals surface area contributed by atoms with Gasteiger partial charge in [0.2, 0.25) is 0 Å². The molecule has 0 saturated heterocycles. The third-order valence-electron chi connectivity index (χ3n) is 13.6. The van der Waals surface area contributed by atoms with E-state index in [-0.39, 0.29) is 6.42 Å². The van der Waals surface area contributed by atoms with Gasteiger partial charge in [-0.3, -0.25) is 0 Å². The van der Waals surface area contributed by atoms with E-state index in [1.165, 1.54) is 0 Å². The van der Waals surface area contributed by atoms with Gasteiger partial charge in [0.25, 0.3) is 0 Å². The van der Waals surface area contributed by atoms with E-state index in [4.69, 9.17) is 9.96 Å². The van der Waals surface area contributed by atoms with Crippen molar-refractivity contribution in [2.24, 2.45) is 0 Å². The molecule has 9 aromatic rings. The number of allylic oxidation sites excluding steroid dienone is 4. The Balaban J connectivity index is 1.28. The van der Waals surface area contributed by atoms with Gasteiger partial charge in [0, 0.05) is 0 Å². The molecule has 9 aromatic carbocycles. The van der Waals surface area contributed by atoms with Crippen molar-refractivity contribution < 1.29 is 42.1 Å². The van der Waals surface area contributed by atoms with Crippen molar-refractivity contribution in [2.75, 3.05) is 0 Å². The number of benzene rings is 9. The number of hydrogen-bond acceptors (Lipinski definition) is 6. The molecule has 0 spiro atoms. The molecule has 7 heteroatoms. The van der Waals surface area contributed by atoms with Crippen LogP contribution in [0.1, 0.15) is 56.5 Å². The van der Waals surface area contributed by atoms with Crippen molar-refractivity contribution >= 4 is 17.9 Å². The molecule has 0 heterocycles. The molecular formula is C65H50O6Ti. The van der Waals surface area contributed by atoms with Crippen LogP contribution in [0.2, 0.25) is 0 Å². The predicted molar refractivity (Wildman–Crippen MR) is 278 cm³/mol. The Kier molecular flexibility index (Phi) is 13.7. The Morgan fingerprint density at radius 2 is 0.472 bits per heavy atom. The molecule has 350 valence electrons. The summed E-state index contributed by atoms with van der Waals surface area (Å²) in [5.74, 6) is -2.35. The number of carbonyl (C=O) groups excluding carboxylic acids is 3. The molecule has 0 amide bonds. The molecular weight excluding hydrogens is 925 g/mol.